The molecule has 5 rings (SSSR count). The van der Waals surface area contributed by atoms with E-state index in [0.717, 1.165) is 10.8 Å². The van der Waals surface area contributed by atoms with Gasteiger partial charge in [-0.05, 0) is 17.0 Å². The molecule has 2 aliphatic carbocycles. The summed E-state index contributed by atoms with van der Waals surface area (Å²) in [5.74, 6) is -1.65. The van der Waals surface area contributed by atoms with E-state index in [-0.39, 0.29) is 22.4 Å². The Labute approximate surface area is 140 Å². The Hall–Kier alpha value is -3.61. The Morgan fingerprint density at radius 2 is 1.84 bits per heavy atom. The van der Waals surface area contributed by atoms with E-state index in [1.807, 2.05) is 30.3 Å². The number of fused-ring (bicyclic) bond motifs is 5. The topological polar surface area (TPSA) is 102 Å². The number of imide groups is 1. The van der Waals surface area contributed by atoms with Gasteiger partial charge in [-0.15, -0.1) is 0 Å². The van der Waals surface area contributed by atoms with Crippen LogP contribution in [-0.2, 0) is 9.59 Å². The van der Waals surface area contributed by atoms with Crippen molar-refractivity contribution in [3.8, 4) is 0 Å². The first-order chi connectivity index (χ1) is 12.1. The Balaban J connectivity index is 1.80. The maximum atomic E-state index is 12.2. The minimum absolute atomic E-state index is 0.119. The third-order valence-corrected chi connectivity index (χ3v) is 4.83. The molecule has 7 heteroatoms. The molecule has 2 heterocycles. The average molecular weight is 331 g/mol. The fourth-order valence-corrected chi connectivity index (χ4v) is 3.90. The third kappa shape index (κ3) is 1.61. The number of carbonyl (C=O) groups is 2. The summed E-state index contributed by atoms with van der Waals surface area (Å²) in [5, 5.41) is 15.5. The quantitative estimate of drug-likeness (QED) is 0.513. The Morgan fingerprint density at radius 1 is 1.08 bits per heavy atom. The zero-order valence-corrected chi connectivity index (χ0v) is 12.6. The highest BCUT2D eigenvalue weighted by Crippen LogP contribution is 2.55. The molecule has 0 radical (unpaired) electrons. The maximum Gasteiger partial charge on any atom is 0.274 e. The van der Waals surface area contributed by atoms with E-state index in [1.165, 1.54) is 6.08 Å². The SMILES string of the molecule is O=C1NC(=O)C2=C1C1=CC([N+](=O)[O-])=C2C1c1nccc2ccccc12. The van der Waals surface area contributed by atoms with Crippen LogP contribution in [0.5, 0.6) is 0 Å². The molecule has 1 N–H and O–H groups in total. The summed E-state index contributed by atoms with van der Waals surface area (Å²) in [7, 11) is 0. The van der Waals surface area contributed by atoms with Gasteiger partial charge >= 0.3 is 0 Å². The Bertz CT molecular complexity index is 1130. The van der Waals surface area contributed by atoms with Gasteiger partial charge < -0.3 is 0 Å². The van der Waals surface area contributed by atoms with E-state index in [0.29, 0.717) is 11.3 Å². The van der Waals surface area contributed by atoms with Crippen molar-refractivity contribution in [3.05, 3.63) is 86.4 Å². The second-order valence-electron chi connectivity index (χ2n) is 6.04. The standard InChI is InChI=1S/C18H9N3O4/c22-17-13-10-7-11(21(24)25)14(15(13)18(23)20-17)12(10)16-9-4-2-1-3-8(9)5-6-19-16/h1-7,12H,(H,20,22,23). The molecule has 1 aromatic carbocycles. The maximum absolute atomic E-state index is 12.2. The normalized spacial score (nSPS) is 21.1. The van der Waals surface area contributed by atoms with Gasteiger partial charge in [-0.1, -0.05) is 24.3 Å². The molecule has 2 aromatic rings. The molecule has 0 saturated heterocycles. The first-order valence-corrected chi connectivity index (χ1v) is 7.62. The molecule has 2 amide bonds. The highest BCUT2D eigenvalue weighted by Gasteiger charge is 2.53. The van der Waals surface area contributed by atoms with Crippen LogP contribution in [0.2, 0.25) is 0 Å². The molecule has 1 aliphatic heterocycles. The number of nitrogens with zero attached hydrogens (tertiary/aromatic N) is 2. The number of allylic oxidation sites excluding steroid dienone is 1. The number of aromatic nitrogens is 1. The second-order valence-corrected chi connectivity index (χ2v) is 6.04. The van der Waals surface area contributed by atoms with Crippen molar-refractivity contribution < 1.29 is 14.5 Å². The van der Waals surface area contributed by atoms with Gasteiger partial charge in [0.2, 0.25) is 0 Å². The summed E-state index contributed by atoms with van der Waals surface area (Å²) in [6, 6.07) is 9.42. The third-order valence-electron chi connectivity index (χ3n) is 4.83. The minimum atomic E-state index is -0.581. The van der Waals surface area contributed by atoms with E-state index >= 15 is 0 Å². The summed E-state index contributed by atoms with van der Waals surface area (Å²) in [4.78, 5) is 39.7. The van der Waals surface area contributed by atoms with Crippen LogP contribution in [0.3, 0.4) is 0 Å². The average Bonchev–Trinajstić information content (AvgIpc) is 3.23. The van der Waals surface area contributed by atoms with E-state index in [4.69, 9.17) is 0 Å². The van der Waals surface area contributed by atoms with Crippen LogP contribution in [-0.4, -0.2) is 21.7 Å². The molecule has 1 unspecified atom stereocenters. The van der Waals surface area contributed by atoms with Crippen molar-refractivity contribution in [2.75, 3.05) is 0 Å². The lowest BCUT2D eigenvalue weighted by molar-refractivity contribution is -0.419. The zero-order valence-electron chi connectivity index (χ0n) is 12.6. The molecule has 0 saturated carbocycles. The van der Waals surface area contributed by atoms with Crippen LogP contribution in [0.4, 0.5) is 0 Å². The van der Waals surface area contributed by atoms with Crippen molar-refractivity contribution in [1.29, 1.82) is 0 Å². The summed E-state index contributed by atoms with van der Waals surface area (Å²) in [5.41, 5.74) is 1.58. The van der Waals surface area contributed by atoms with Crippen LogP contribution in [0.25, 0.3) is 10.8 Å². The van der Waals surface area contributed by atoms with Crippen LogP contribution in [0.1, 0.15) is 11.6 Å². The minimum Gasteiger partial charge on any atom is -0.288 e. The van der Waals surface area contributed by atoms with Crippen molar-refractivity contribution >= 4 is 22.6 Å². The van der Waals surface area contributed by atoms with Crippen LogP contribution >= 0.6 is 0 Å². The van der Waals surface area contributed by atoms with Crippen LogP contribution < -0.4 is 5.32 Å². The number of pyridine rings is 1. The molecule has 3 aliphatic rings. The van der Waals surface area contributed by atoms with Gasteiger partial charge in [-0.25, -0.2) is 0 Å². The smallest absolute Gasteiger partial charge is 0.274 e. The summed E-state index contributed by atoms with van der Waals surface area (Å²) in [6.45, 7) is 0. The summed E-state index contributed by atoms with van der Waals surface area (Å²) < 4.78 is 0. The highest BCUT2D eigenvalue weighted by molar-refractivity contribution is 6.26. The van der Waals surface area contributed by atoms with E-state index in [1.54, 1.807) is 6.20 Å². The van der Waals surface area contributed by atoms with E-state index < -0.39 is 22.7 Å². The number of benzene rings is 1. The fraction of sp³-hybridized carbons (Fsp3) is 0.0556. The van der Waals surface area contributed by atoms with E-state index in [2.05, 4.69) is 10.3 Å². The lowest BCUT2D eigenvalue weighted by atomic mass is 9.91. The van der Waals surface area contributed by atoms with Gasteiger partial charge in [0, 0.05) is 17.7 Å². The molecule has 0 fully saturated rings. The predicted molar refractivity (Wildman–Crippen MR) is 86.8 cm³/mol. The molecular formula is C18H9N3O4. The number of hydrogen-bond acceptors (Lipinski definition) is 5. The molecule has 0 spiro atoms. The monoisotopic (exact) mass is 331 g/mol. The lowest BCUT2D eigenvalue weighted by Gasteiger charge is -2.14. The molecule has 2 bridgehead atoms. The number of carbonyl (C=O) groups excluding carboxylic acids is 2. The molecule has 7 nitrogen and oxygen atoms in total. The van der Waals surface area contributed by atoms with Gasteiger partial charge in [-0.2, -0.15) is 0 Å². The highest BCUT2D eigenvalue weighted by atomic mass is 16.6. The zero-order chi connectivity index (χ0) is 17.3. The second kappa shape index (κ2) is 4.47. The lowest BCUT2D eigenvalue weighted by Crippen LogP contribution is -2.26. The molecule has 120 valence electrons. The van der Waals surface area contributed by atoms with Crippen molar-refractivity contribution in [2.45, 2.75) is 5.92 Å². The molecule has 1 atom stereocenters. The van der Waals surface area contributed by atoms with Gasteiger partial charge in [0.05, 0.1) is 33.3 Å². The molecule has 25 heavy (non-hydrogen) atoms. The first-order valence-electron chi connectivity index (χ1n) is 7.62. The van der Waals surface area contributed by atoms with Gasteiger partial charge in [-0.3, -0.25) is 30.0 Å². The fourth-order valence-electron chi connectivity index (χ4n) is 3.90. The van der Waals surface area contributed by atoms with Crippen LogP contribution in [0, 0.1) is 10.1 Å². The van der Waals surface area contributed by atoms with Crippen molar-refractivity contribution in [1.82, 2.24) is 10.3 Å². The Morgan fingerprint density at radius 3 is 2.64 bits per heavy atom. The van der Waals surface area contributed by atoms with Crippen molar-refractivity contribution in [3.63, 3.8) is 0 Å². The molecular weight excluding hydrogens is 322 g/mol. The number of hydrogen-bond donors (Lipinski definition) is 1. The van der Waals surface area contributed by atoms with E-state index in [9.17, 15) is 19.7 Å². The number of nitrogens with one attached hydrogen (secondary N) is 1. The number of amides is 2. The molecule has 1 aromatic heterocycles. The predicted octanol–water partition coefficient (Wildman–Crippen LogP) is 1.76. The van der Waals surface area contributed by atoms with Gasteiger partial charge in [0.1, 0.15) is 0 Å². The Kier molecular flexibility index (Phi) is 2.47. The van der Waals surface area contributed by atoms with Crippen LogP contribution in [0.15, 0.2) is 70.6 Å². The first kappa shape index (κ1) is 13.8. The largest absolute Gasteiger partial charge is 0.288 e. The van der Waals surface area contributed by atoms with Gasteiger partial charge in [0.25, 0.3) is 17.5 Å². The van der Waals surface area contributed by atoms with Gasteiger partial charge in [0.15, 0.2) is 0 Å². The number of nitro groups is 1. The number of rotatable bonds is 2. The summed E-state index contributed by atoms with van der Waals surface area (Å²) >= 11 is 0. The summed E-state index contributed by atoms with van der Waals surface area (Å²) in [6.07, 6.45) is 3.02. The van der Waals surface area contributed by atoms with Crippen molar-refractivity contribution in [2.24, 2.45) is 0 Å².